The quantitative estimate of drug-likeness (QED) is 0.661. The Morgan fingerprint density at radius 1 is 1.20 bits per heavy atom. The Morgan fingerprint density at radius 3 is 2.52 bits per heavy atom. The van der Waals surface area contributed by atoms with E-state index in [1.54, 1.807) is 30.3 Å². The van der Waals surface area contributed by atoms with E-state index in [9.17, 15) is 14.7 Å². The number of hydrogen-bond acceptors (Lipinski definition) is 3. The summed E-state index contributed by atoms with van der Waals surface area (Å²) in [5, 5.41) is 13.8. The summed E-state index contributed by atoms with van der Waals surface area (Å²) in [6, 6.07) is 8.57. The topological polar surface area (TPSA) is 71.3 Å². The minimum absolute atomic E-state index is 0.168. The third-order valence-electron chi connectivity index (χ3n) is 3.87. The summed E-state index contributed by atoms with van der Waals surface area (Å²) < 4.78 is 1.52. The number of fused-ring (bicyclic) bond motifs is 2. The normalized spacial score (nSPS) is 11.4. The van der Waals surface area contributed by atoms with Gasteiger partial charge in [-0.15, -0.1) is 0 Å². The molecule has 0 unspecified atom stereocenters. The molecule has 1 aromatic heterocycles. The summed E-state index contributed by atoms with van der Waals surface area (Å²) in [4.78, 5) is 24.2. The third kappa shape index (κ3) is 3.17. The number of anilines is 1. The van der Waals surface area contributed by atoms with E-state index in [2.05, 4.69) is 5.32 Å². The molecule has 1 heterocycles. The Labute approximate surface area is 153 Å². The van der Waals surface area contributed by atoms with Gasteiger partial charge in [0, 0.05) is 22.5 Å². The fraction of sp³-hybridized carbons (Fsp3) is 0.222. The van der Waals surface area contributed by atoms with Crippen molar-refractivity contribution in [2.24, 2.45) is 0 Å². The van der Waals surface area contributed by atoms with Crippen LogP contribution in [0.4, 0.5) is 5.69 Å². The van der Waals surface area contributed by atoms with Crippen LogP contribution in [0, 0.1) is 0 Å². The summed E-state index contributed by atoms with van der Waals surface area (Å²) in [6.45, 7) is 3.65. The van der Waals surface area contributed by atoms with Gasteiger partial charge in [0.1, 0.15) is 6.54 Å². The van der Waals surface area contributed by atoms with Crippen molar-refractivity contribution in [3.8, 4) is 0 Å². The molecule has 25 heavy (non-hydrogen) atoms. The minimum atomic E-state index is -1.04. The van der Waals surface area contributed by atoms with Crippen molar-refractivity contribution in [1.29, 1.82) is 0 Å². The van der Waals surface area contributed by atoms with Crippen LogP contribution in [0.1, 0.15) is 13.8 Å². The summed E-state index contributed by atoms with van der Waals surface area (Å²) in [6.07, 6.45) is 0. The molecule has 3 rings (SSSR count). The van der Waals surface area contributed by atoms with Crippen LogP contribution in [0.5, 0.6) is 0 Å². The number of hydrogen-bond donors (Lipinski definition) is 2. The Hall–Kier alpha value is -2.24. The van der Waals surface area contributed by atoms with Crippen molar-refractivity contribution in [3.63, 3.8) is 0 Å². The largest absolute Gasteiger partial charge is 0.480 e. The van der Waals surface area contributed by atoms with Gasteiger partial charge in [-0.1, -0.05) is 23.2 Å². The maximum atomic E-state index is 12.8. The molecular formula is C18H16Cl2N2O3. The smallest absolute Gasteiger partial charge is 0.323 e. The number of nitrogens with one attached hydrogen (secondary N) is 1. The molecule has 0 bridgehead atoms. The molecule has 0 saturated carbocycles. The lowest BCUT2D eigenvalue weighted by Gasteiger charge is -2.17. The average Bonchev–Trinajstić information content (AvgIpc) is 2.53. The molecule has 5 nitrogen and oxygen atoms in total. The molecule has 0 amide bonds. The number of aliphatic carboxylic acids is 1. The van der Waals surface area contributed by atoms with E-state index in [4.69, 9.17) is 23.2 Å². The fourth-order valence-electron chi connectivity index (χ4n) is 2.92. The number of carboxylic acids is 1. The van der Waals surface area contributed by atoms with Crippen molar-refractivity contribution >= 4 is 56.7 Å². The van der Waals surface area contributed by atoms with Crippen molar-refractivity contribution in [3.05, 3.63) is 50.6 Å². The van der Waals surface area contributed by atoms with Gasteiger partial charge >= 0.3 is 5.97 Å². The second-order valence-electron chi connectivity index (χ2n) is 6.10. The Bertz CT molecular complexity index is 1060. The predicted octanol–water partition coefficient (Wildman–Crippen LogP) is 4.37. The van der Waals surface area contributed by atoms with E-state index >= 15 is 0 Å². The van der Waals surface area contributed by atoms with Gasteiger partial charge in [0.15, 0.2) is 5.43 Å². The van der Waals surface area contributed by atoms with Crippen LogP contribution < -0.4 is 10.7 Å². The highest BCUT2D eigenvalue weighted by atomic mass is 35.5. The number of benzene rings is 2. The van der Waals surface area contributed by atoms with Crippen molar-refractivity contribution < 1.29 is 9.90 Å². The third-order valence-corrected chi connectivity index (χ3v) is 4.66. The summed E-state index contributed by atoms with van der Waals surface area (Å²) >= 11 is 12.4. The lowest BCUT2D eigenvalue weighted by Crippen LogP contribution is -2.17. The van der Waals surface area contributed by atoms with E-state index in [0.717, 1.165) is 5.69 Å². The zero-order valence-electron chi connectivity index (χ0n) is 13.6. The first kappa shape index (κ1) is 17.6. The molecule has 0 aliphatic carbocycles. The summed E-state index contributed by atoms with van der Waals surface area (Å²) in [5.41, 5.74) is 1.41. The molecule has 2 aromatic carbocycles. The second kappa shape index (κ2) is 6.58. The highest BCUT2D eigenvalue weighted by Crippen LogP contribution is 2.32. The molecule has 0 atom stereocenters. The number of halogens is 2. The number of carboxylic acid groups (broad SMARTS) is 1. The molecule has 7 heteroatoms. The van der Waals surface area contributed by atoms with Gasteiger partial charge in [0.25, 0.3) is 0 Å². The maximum Gasteiger partial charge on any atom is 0.323 e. The first-order valence-electron chi connectivity index (χ1n) is 7.72. The molecule has 0 aliphatic rings. The summed E-state index contributed by atoms with van der Waals surface area (Å²) in [5.74, 6) is -1.04. The first-order valence-corrected chi connectivity index (χ1v) is 8.47. The van der Waals surface area contributed by atoms with Gasteiger partial charge in [-0.3, -0.25) is 9.59 Å². The SMILES string of the molecule is CC(C)Nc1ccc2c(=O)c3ccc(Cl)c(Cl)c3n(CC(=O)O)c2c1. The molecule has 3 aromatic rings. The molecule has 130 valence electrons. The van der Waals surface area contributed by atoms with Crippen LogP contribution >= 0.6 is 23.2 Å². The van der Waals surface area contributed by atoms with Gasteiger partial charge in [-0.25, -0.2) is 0 Å². The minimum Gasteiger partial charge on any atom is -0.480 e. The highest BCUT2D eigenvalue weighted by molar-refractivity contribution is 6.45. The van der Waals surface area contributed by atoms with Gasteiger partial charge in [-0.05, 0) is 44.2 Å². The van der Waals surface area contributed by atoms with Gasteiger partial charge in [0.05, 0.1) is 21.1 Å². The number of rotatable bonds is 4. The van der Waals surface area contributed by atoms with E-state index in [0.29, 0.717) is 21.8 Å². The van der Waals surface area contributed by atoms with Crippen LogP contribution in [0.3, 0.4) is 0 Å². The van der Waals surface area contributed by atoms with Gasteiger partial charge < -0.3 is 15.0 Å². The molecule has 0 radical (unpaired) electrons. The molecule has 2 N–H and O–H groups in total. The van der Waals surface area contributed by atoms with E-state index in [1.165, 1.54) is 4.57 Å². The van der Waals surface area contributed by atoms with Crippen molar-refractivity contribution in [1.82, 2.24) is 4.57 Å². The number of nitrogens with zero attached hydrogens (tertiary/aromatic N) is 1. The van der Waals surface area contributed by atoms with Crippen LogP contribution in [0.15, 0.2) is 35.1 Å². The molecule has 0 spiro atoms. The van der Waals surface area contributed by atoms with E-state index in [-0.39, 0.29) is 28.1 Å². The average molecular weight is 379 g/mol. The number of pyridine rings is 1. The lowest BCUT2D eigenvalue weighted by atomic mass is 10.1. The van der Waals surface area contributed by atoms with Crippen LogP contribution in [-0.4, -0.2) is 21.7 Å². The first-order chi connectivity index (χ1) is 11.8. The molecule has 0 aliphatic heterocycles. The van der Waals surface area contributed by atoms with Crippen LogP contribution in [0.25, 0.3) is 21.8 Å². The monoisotopic (exact) mass is 378 g/mol. The predicted molar refractivity (Wildman–Crippen MR) is 102 cm³/mol. The molecule has 0 saturated heterocycles. The van der Waals surface area contributed by atoms with E-state index in [1.807, 2.05) is 13.8 Å². The molecule has 0 fully saturated rings. The number of carbonyl (C=O) groups is 1. The highest BCUT2D eigenvalue weighted by Gasteiger charge is 2.17. The zero-order valence-corrected chi connectivity index (χ0v) is 15.1. The second-order valence-corrected chi connectivity index (χ2v) is 6.88. The van der Waals surface area contributed by atoms with E-state index < -0.39 is 5.97 Å². The Morgan fingerprint density at radius 2 is 1.88 bits per heavy atom. The Balaban J connectivity index is 2.48. The Kier molecular flexibility index (Phi) is 4.62. The van der Waals surface area contributed by atoms with Gasteiger partial charge in [0.2, 0.25) is 0 Å². The van der Waals surface area contributed by atoms with Crippen molar-refractivity contribution in [2.45, 2.75) is 26.4 Å². The standard InChI is InChI=1S/C18H16Cl2N2O3/c1-9(2)21-10-3-4-11-14(7-10)22(8-15(23)24)17-12(18(11)25)5-6-13(19)16(17)20/h3-7,9,21H,8H2,1-2H3,(H,23,24). The van der Waals surface area contributed by atoms with Gasteiger partial charge in [-0.2, -0.15) is 0 Å². The fourth-order valence-corrected chi connectivity index (χ4v) is 3.34. The lowest BCUT2D eigenvalue weighted by molar-refractivity contribution is -0.137. The molecular weight excluding hydrogens is 363 g/mol. The maximum absolute atomic E-state index is 12.8. The number of aromatic nitrogens is 1. The summed E-state index contributed by atoms with van der Waals surface area (Å²) in [7, 11) is 0. The van der Waals surface area contributed by atoms with Crippen LogP contribution in [0.2, 0.25) is 10.0 Å². The van der Waals surface area contributed by atoms with Crippen LogP contribution in [-0.2, 0) is 11.3 Å². The van der Waals surface area contributed by atoms with Crippen molar-refractivity contribution in [2.75, 3.05) is 5.32 Å². The zero-order chi connectivity index (χ0) is 18.3.